The molecule has 0 aliphatic rings. The molecule has 0 heterocycles. The summed E-state index contributed by atoms with van der Waals surface area (Å²) in [4.78, 5) is 37.0. The van der Waals surface area contributed by atoms with E-state index in [-0.39, 0.29) is 18.9 Å². The highest BCUT2D eigenvalue weighted by atomic mass is 79.9. The molecular weight excluding hydrogens is 462 g/mol. The monoisotopic (exact) mass is 489 g/mol. The third-order valence-electron chi connectivity index (χ3n) is 4.54. The molecule has 2 atom stereocenters. The molecule has 0 aliphatic heterocycles. The van der Waals surface area contributed by atoms with E-state index in [0.717, 1.165) is 15.6 Å². The van der Waals surface area contributed by atoms with Crippen LogP contribution in [0.2, 0.25) is 0 Å². The van der Waals surface area contributed by atoms with Gasteiger partial charge in [0, 0.05) is 10.9 Å². The lowest BCUT2D eigenvalue weighted by atomic mass is 10.0. The number of primary amides is 1. The van der Waals surface area contributed by atoms with Crippen molar-refractivity contribution in [3.8, 4) is 0 Å². The summed E-state index contributed by atoms with van der Waals surface area (Å²) in [6, 6.07) is 14.9. The van der Waals surface area contributed by atoms with Crippen molar-refractivity contribution in [2.75, 3.05) is 0 Å². The molecule has 0 saturated carbocycles. The number of alkyl carbamates (subject to hydrolysis) is 1. The van der Waals surface area contributed by atoms with Gasteiger partial charge in [0.1, 0.15) is 18.7 Å². The van der Waals surface area contributed by atoms with Gasteiger partial charge in [-0.3, -0.25) is 9.59 Å². The van der Waals surface area contributed by atoms with E-state index >= 15 is 0 Å². The van der Waals surface area contributed by atoms with E-state index in [1.807, 2.05) is 68.4 Å². The Morgan fingerprint density at radius 2 is 1.58 bits per heavy atom. The second-order valence-electron chi connectivity index (χ2n) is 7.68. The zero-order valence-electron chi connectivity index (χ0n) is 17.6. The van der Waals surface area contributed by atoms with Gasteiger partial charge < -0.3 is 21.1 Å². The molecule has 3 amide bonds. The molecule has 0 aliphatic carbocycles. The van der Waals surface area contributed by atoms with Crippen LogP contribution in [0.25, 0.3) is 0 Å². The quantitative estimate of drug-likeness (QED) is 0.475. The lowest BCUT2D eigenvalue weighted by Crippen LogP contribution is -2.54. The van der Waals surface area contributed by atoms with Gasteiger partial charge in [-0.1, -0.05) is 72.2 Å². The summed E-state index contributed by atoms with van der Waals surface area (Å²) in [7, 11) is 0. The summed E-state index contributed by atoms with van der Waals surface area (Å²) in [6.07, 6.45) is -0.0646. The van der Waals surface area contributed by atoms with Crippen LogP contribution >= 0.6 is 15.9 Å². The first kappa shape index (κ1) is 24.4. The van der Waals surface area contributed by atoms with Crippen LogP contribution in [0.4, 0.5) is 4.79 Å². The van der Waals surface area contributed by atoms with E-state index < -0.39 is 30.0 Å². The van der Waals surface area contributed by atoms with Crippen molar-refractivity contribution in [2.24, 2.45) is 11.7 Å². The number of amides is 3. The van der Waals surface area contributed by atoms with E-state index in [1.165, 1.54) is 0 Å². The number of hydrogen-bond acceptors (Lipinski definition) is 4. The summed E-state index contributed by atoms with van der Waals surface area (Å²) in [5.74, 6) is -0.999. The summed E-state index contributed by atoms with van der Waals surface area (Å²) < 4.78 is 6.13. The van der Waals surface area contributed by atoms with E-state index in [2.05, 4.69) is 26.6 Å². The van der Waals surface area contributed by atoms with E-state index in [0.29, 0.717) is 6.42 Å². The first-order valence-electron chi connectivity index (χ1n) is 10.1. The predicted octanol–water partition coefficient (Wildman–Crippen LogP) is 3.30. The molecule has 0 saturated heterocycles. The molecule has 2 rings (SSSR count). The number of nitrogens with two attached hydrogens (primary N) is 1. The Morgan fingerprint density at radius 3 is 2.16 bits per heavy atom. The molecule has 0 radical (unpaired) electrons. The summed E-state index contributed by atoms with van der Waals surface area (Å²) >= 11 is 3.36. The molecule has 0 aromatic heterocycles. The molecule has 8 heteroatoms. The third-order valence-corrected chi connectivity index (χ3v) is 5.07. The first-order chi connectivity index (χ1) is 14.7. The largest absolute Gasteiger partial charge is 0.445 e. The van der Waals surface area contributed by atoms with Crippen molar-refractivity contribution in [1.29, 1.82) is 0 Å². The number of nitrogens with one attached hydrogen (secondary N) is 2. The number of carbonyl (C=O) groups excluding carboxylic acids is 3. The van der Waals surface area contributed by atoms with Gasteiger partial charge in [0.05, 0.1) is 0 Å². The van der Waals surface area contributed by atoms with Gasteiger partial charge in [-0.15, -0.1) is 0 Å². The topological polar surface area (TPSA) is 111 Å². The van der Waals surface area contributed by atoms with Crippen molar-refractivity contribution in [2.45, 2.75) is 45.4 Å². The van der Waals surface area contributed by atoms with Crippen LogP contribution in [-0.2, 0) is 27.4 Å². The highest BCUT2D eigenvalue weighted by Crippen LogP contribution is 2.13. The number of halogens is 1. The second kappa shape index (κ2) is 12.1. The van der Waals surface area contributed by atoms with Gasteiger partial charge in [0.2, 0.25) is 11.8 Å². The molecule has 0 fully saturated rings. The van der Waals surface area contributed by atoms with Gasteiger partial charge in [0.25, 0.3) is 0 Å². The molecule has 31 heavy (non-hydrogen) atoms. The molecule has 0 unspecified atom stereocenters. The maximum atomic E-state index is 12.9. The van der Waals surface area contributed by atoms with E-state index in [4.69, 9.17) is 10.5 Å². The van der Waals surface area contributed by atoms with Gasteiger partial charge >= 0.3 is 6.09 Å². The molecular formula is C23H28BrN3O4. The third kappa shape index (κ3) is 8.80. The molecule has 7 nitrogen and oxygen atoms in total. The second-order valence-corrected chi connectivity index (χ2v) is 8.60. The Bertz CT molecular complexity index is 872. The lowest BCUT2D eigenvalue weighted by Gasteiger charge is -2.23. The molecule has 166 valence electrons. The highest BCUT2D eigenvalue weighted by molar-refractivity contribution is 9.10. The Labute approximate surface area is 190 Å². The van der Waals surface area contributed by atoms with Crippen molar-refractivity contribution in [1.82, 2.24) is 10.6 Å². The molecule has 4 N–H and O–H groups in total. The molecule has 0 spiro atoms. The normalized spacial score (nSPS) is 12.6. The lowest BCUT2D eigenvalue weighted by molar-refractivity contribution is -0.128. The van der Waals surface area contributed by atoms with Gasteiger partial charge in [-0.25, -0.2) is 4.79 Å². The van der Waals surface area contributed by atoms with Gasteiger partial charge in [-0.2, -0.15) is 0 Å². The van der Waals surface area contributed by atoms with Crippen LogP contribution in [0.1, 0.15) is 31.4 Å². The summed E-state index contributed by atoms with van der Waals surface area (Å²) in [6.45, 7) is 3.96. The van der Waals surface area contributed by atoms with Crippen LogP contribution in [0.15, 0.2) is 59.1 Å². The minimum absolute atomic E-state index is 0.0934. The van der Waals surface area contributed by atoms with Crippen molar-refractivity contribution in [3.05, 3.63) is 70.2 Å². The Morgan fingerprint density at radius 1 is 0.935 bits per heavy atom. The fourth-order valence-electron chi connectivity index (χ4n) is 2.96. The van der Waals surface area contributed by atoms with Crippen molar-refractivity contribution >= 4 is 33.8 Å². The maximum Gasteiger partial charge on any atom is 0.408 e. The summed E-state index contributed by atoms with van der Waals surface area (Å²) in [5, 5.41) is 5.27. The van der Waals surface area contributed by atoms with Crippen LogP contribution in [0, 0.1) is 5.92 Å². The van der Waals surface area contributed by atoms with Gasteiger partial charge in [-0.05, 0) is 35.6 Å². The molecule has 2 aromatic rings. The number of hydrogen-bond donors (Lipinski definition) is 3. The minimum Gasteiger partial charge on any atom is -0.445 e. The van der Waals surface area contributed by atoms with Crippen LogP contribution < -0.4 is 16.4 Å². The number of ether oxygens (including phenoxy) is 1. The van der Waals surface area contributed by atoms with Crippen molar-refractivity contribution < 1.29 is 19.1 Å². The maximum absolute atomic E-state index is 12.9. The van der Waals surface area contributed by atoms with Crippen LogP contribution in [0.5, 0.6) is 0 Å². The van der Waals surface area contributed by atoms with E-state index in [1.54, 1.807) is 0 Å². The Hall–Kier alpha value is -2.87. The summed E-state index contributed by atoms with van der Waals surface area (Å²) in [5.41, 5.74) is 7.19. The number of benzene rings is 2. The molecule has 2 aromatic carbocycles. The Balaban J connectivity index is 1.99. The van der Waals surface area contributed by atoms with Crippen LogP contribution in [-0.4, -0.2) is 30.0 Å². The fourth-order valence-corrected chi connectivity index (χ4v) is 3.23. The SMILES string of the molecule is CC(C)C[C@H](NC(=O)OCc1ccccc1)C(=O)N[C@@H](Cc1ccc(Br)cc1)C(N)=O. The number of carbonyl (C=O) groups is 3. The average Bonchev–Trinajstić information content (AvgIpc) is 2.73. The fraction of sp³-hybridized carbons (Fsp3) is 0.348. The highest BCUT2D eigenvalue weighted by Gasteiger charge is 2.27. The van der Waals surface area contributed by atoms with Gasteiger partial charge in [0.15, 0.2) is 0 Å². The van der Waals surface area contributed by atoms with E-state index in [9.17, 15) is 14.4 Å². The minimum atomic E-state index is -0.898. The molecule has 0 bridgehead atoms. The van der Waals surface area contributed by atoms with Crippen molar-refractivity contribution in [3.63, 3.8) is 0 Å². The zero-order valence-corrected chi connectivity index (χ0v) is 19.2. The predicted molar refractivity (Wildman–Crippen MR) is 122 cm³/mol. The standard InChI is InChI=1S/C23H28BrN3O4/c1-15(2)12-20(27-23(30)31-14-17-6-4-3-5-7-17)22(29)26-19(21(25)28)13-16-8-10-18(24)11-9-16/h3-11,15,19-20H,12-14H2,1-2H3,(H2,25,28)(H,26,29)(H,27,30)/t19-,20-/m0/s1. The number of rotatable bonds is 10. The smallest absolute Gasteiger partial charge is 0.408 e. The Kier molecular flexibility index (Phi) is 9.52. The average molecular weight is 490 g/mol. The van der Waals surface area contributed by atoms with Crippen LogP contribution in [0.3, 0.4) is 0 Å². The zero-order chi connectivity index (χ0) is 22.8. The first-order valence-corrected chi connectivity index (χ1v) is 10.8.